The van der Waals surface area contributed by atoms with Gasteiger partial charge in [0, 0.05) is 37.2 Å². The molecule has 1 fully saturated rings. The van der Waals surface area contributed by atoms with Crippen molar-refractivity contribution in [3.8, 4) is 6.07 Å². The maximum Gasteiger partial charge on any atom is 0.287 e. The first kappa shape index (κ1) is 14.1. The molecule has 3 rings (SSSR count). The van der Waals surface area contributed by atoms with Gasteiger partial charge < -0.3 is 4.90 Å². The topological polar surface area (TPSA) is 88.0 Å². The Morgan fingerprint density at radius 3 is 2.73 bits per heavy atom. The van der Waals surface area contributed by atoms with E-state index in [-0.39, 0.29) is 11.3 Å². The molecule has 0 radical (unpaired) electrons. The molecule has 1 saturated heterocycles. The second kappa shape index (κ2) is 5.85. The van der Waals surface area contributed by atoms with Crippen LogP contribution in [0.25, 0.3) is 0 Å². The van der Waals surface area contributed by atoms with Crippen molar-refractivity contribution in [2.45, 2.75) is 18.9 Å². The molecule has 22 heavy (non-hydrogen) atoms. The van der Waals surface area contributed by atoms with Crippen LogP contribution in [0.2, 0.25) is 0 Å². The quantitative estimate of drug-likeness (QED) is 0.641. The van der Waals surface area contributed by atoms with Crippen molar-refractivity contribution in [3.63, 3.8) is 0 Å². The summed E-state index contributed by atoms with van der Waals surface area (Å²) in [6, 6.07) is 8.94. The van der Waals surface area contributed by atoms with E-state index in [2.05, 4.69) is 10.00 Å². The molecule has 0 amide bonds. The Bertz CT molecular complexity index is 712. The van der Waals surface area contributed by atoms with Crippen LogP contribution >= 0.6 is 0 Å². The van der Waals surface area contributed by atoms with Gasteiger partial charge in [-0.15, -0.1) is 0 Å². The number of hydrogen-bond acceptors (Lipinski definition) is 5. The molecular weight excluding hydrogens is 282 g/mol. The molecule has 1 aromatic carbocycles. The highest BCUT2D eigenvalue weighted by molar-refractivity contribution is 5.60. The summed E-state index contributed by atoms with van der Waals surface area (Å²) in [6.45, 7) is 1.68. The van der Waals surface area contributed by atoms with Crippen LogP contribution in [0.3, 0.4) is 0 Å². The van der Waals surface area contributed by atoms with Gasteiger partial charge in [-0.05, 0) is 31.0 Å². The van der Waals surface area contributed by atoms with Crippen LogP contribution in [0.1, 0.15) is 24.4 Å². The van der Waals surface area contributed by atoms with Gasteiger partial charge in [0.25, 0.3) is 5.69 Å². The fraction of sp³-hybridized carbons (Fsp3) is 0.333. The van der Waals surface area contributed by atoms with Crippen LogP contribution in [-0.2, 0) is 0 Å². The van der Waals surface area contributed by atoms with E-state index in [1.807, 2.05) is 23.0 Å². The first-order valence-corrected chi connectivity index (χ1v) is 7.11. The van der Waals surface area contributed by atoms with Crippen molar-refractivity contribution in [2.24, 2.45) is 0 Å². The van der Waals surface area contributed by atoms with Crippen LogP contribution in [-0.4, -0.2) is 27.8 Å². The number of hydrogen-bond donors (Lipinski definition) is 0. The van der Waals surface area contributed by atoms with E-state index < -0.39 is 4.92 Å². The third-order valence-corrected chi connectivity index (χ3v) is 4.03. The lowest BCUT2D eigenvalue weighted by atomic mass is 10.0. The number of benzene rings is 1. The molecule has 0 N–H and O–H groups in total. The molecule has 0 bridgehead atoms. The summed E-state index contributed by atoms with van der Waals surface area (Å²) >= 11 is 0. The largest absolute Gasteiger partial charge is 0.371 e. The number of rotatable bonds is 3. The zero-order valence-electron chi connectivity index (χ0n) is 11.9. The van der Waals surface area contributed by atoms with Crippen molar-refractivity contribution in [1.82, 2.24) is 9.78 Å². The fourth-order valence-corrected chi connectivity index (χ4v) is 2.85. The summed E-state index contributed by atoms with van der Waals surface area (Å²) in [5, 5.41) is 24.2. The molecule has 0 saturated carbocycles. The van der Waals surface area contributed by atoms with Crippen LogP contribution in [0, 0.1) is 21.4 Å². The van der Waals surface area contributed by atoms with Crippen molar-refractivity contribution in [1.29, 1.82) is 5.26 Å². The summed E-state index contributed by atoms with van der Waals surface area (Å²) in [4.78, 5) is 12.5. The van der Waals surface area contributed by atoms with Crippen molar-refractivity contribution in [3.05, 3.63) is 52.3 Å². The maximum absolute atomic E-state index is 10.9. The third kappa shape index (κ3) is 2.63. The Balaban J connectivity index is 1.74. The molecule has 0 unspecified atom stereocenters. The number of anilines is 1. The molecule has 2 aromatic rings. The van der Waals surface area contributed by atoms with Gasteiger partial charge in [0.15, 0.2) is 0 Å². The molecule has 7 heteroatoms. The molecule has 7 nitrogen and oxygen atoms in total. The van der Waals surface area contributed by atoms with Crippen LogP contribution in [0.15, 0.2) is 36.7 Å². The summed E-state index contributed by atoms with van der Waals surface area (Å²) in [6.07, 6.45) is 5.67. The van der Waals surface area contributed by atoms with E-state index in [1.165, 1.54) is 6.07 Å². The lowest BCUT2D eigenvalue weighted by molar-refractivity contribution is -0.385. The molecular formula is C15H15N5O2. The van der Waals surface area contributed by atoms with Gasteiger partial charge in [0.05, 0.1) is 11.0 Å². The van der Waals surface area contributed by atoms with Gasteiger partial charge in [-0.2, -0.15) is 10.4 Å². The summed E-state index contributed by atoms with van der Waals surface area (Å²) in [5.41, 5.74) is 0.829. The van der Waals surface area contributed by atoms with Crippen molar-refractivity contribution >= 4 is 11.4 Å². The first-order valence-electron chi connectivity index (χ1n) is 7.11. The molecule has 1 aromatic heterocycles. The van der Waals surface area contributed by atoms with E-state index in [4.69, 9.17) is 5.26 Å². The Morgan fingerprint density at radius 2 is 2.14 bits per heavy atom. The number of nitrogens with zero attached hydrogens (tertiary/aromatic N) is 5. The lowest BCUT2D eigenvalue weighted by Gasteiger charge is -2.33. The van der Waals surface area contributed by atoms with Crippen molar-refractivity contribution < 1.29 is 4.92 Å². The summed E-state index contributed by atoms with van der Waals surface area (Å²) in [7, 11) is 0. The Labute approximate surface area is 127 Å². The smallest absolute Gasteiger partial charge is 0.287 e. The Morgan fingerprint density at radius 1 is 1.36 bits per heavy atom. The second-order valence-corrected chi connectivity index (χ2v) is 5.27. The minimum atomic E-state index is -0.522. The average molecular weight is 297 g/mol. The third-order valence-electron chi connectivity index (χ3n) is 4.03. The molecule has 1 aliphatic rings. The molecule has 0 spiro atoms. The van der Waals surface area contributed by atoms with E-state index in [1.54, 1.807) is 18.3 Å². The number of nitro benzene ring substituents is 1. The predicted octanol–water partition coefficient (Wildman–Crippen LogP) is 2.50. The van der Waals surface area contributed by atoms with E-state index in [0.29, 0.717) is 6.04 Å². The van der Waals surface area contributed by atoms with Crippen molar-refractivity contribution in [2.75, 3.05) is 18.0 Å². The number of nitro groups is 1. The van der Waals surface area contributed by atoms with Gasteiger partial charge in [-0.1, -0.05) is 0 Å². The monoisotopic (exact) mass is 297 g/mol. The molecule has 0 atom stereocenters. The zero-order chi connectivity index (χ0) is 15.5. The van der Waals surface area contributed by atoms with E-state index >= 15 is 0 Å². The van der Waals surface area contributed by atoms with Gasteiger partial charge >= 0.3 is 0 Å². The normalized spacial score (nSPS) is 15.5. The maximum atomic E-state index is 10.9. The summed E-state index contributed by atoms with van der Waals surface area (Å²) in [5.74, 6) is 0. The zero-order valence-corrected chi connectivity index (χ0v) is 11.9. The highest BCUT2D eigenvalue weighted by atomic mass is 16.6. The number of aromatic nitrogens is 2. The van der Waals surface area contributed by atoms with Gasteiger partial charge in [0.1, 0.15) is 11.6 Å². The minimum absolute atomic E-state index is 0.108. The highest BCUT2D eigenvalue weighted by Gasteiger charge is 2.22. The highest BCUT2D eigenvalue weighted by Crippen LogP contribution is 2.29. The first-order chi connectivity index (χ1) is 10.7. The van der Waals surface area contributed by atoms with Gasteiger partial charge in [-0.25, -0.2) is 0 Å². The van der Waals surface area contributed by atoms with Gasteiger partial charge in [-0.3, -0.25) is 14.8 Å². The Hall–Kier alpha value is -2.88. The summed E-state index contributed by atoms with van der Waals surface area (Å²) < 4.78 is 1.98. The van der Waals surface area contributed by atoms with E-state index in [0.717, 1.165) is 31.6 Å². The molecule has 1 aliphatic heterocycles. The predicted molar refractivity (Wildman–Crippen MR) is 80.5 cm³/mol. The standard InChI is InChI=1S/C15H15N5O2/c16-11-12-10-14(2-3-15(12)20(21)22)18-8-4-13(5-9-18)19-7-1-6-17-19/h1-3,6-7,10,13H,4-5,8-9H2. The lowest BCUT2D eigenvalue weighted by Crippen LogP contribution is -2.34. The number of piperidine rings is 1. The van der Waals surface area contributed by atoms with E-state index in [9.17, 15) is 10.1 Å². The van der Waals surface area contributed by atoms with Crippen LogP contribution in [0.4, 0.5) is 11.4 Å². The van der Waals surface area contributed by atoms with Crippen LogP contribution in [0.5, 0.6) is 0 Å². The number of nitriles is 1. The molecule has 112 valence electrons. The Kier molecular flexibility index (Phi) is 3.74. The minimum Gasteiger partial charge on any atom is -0.371 e. The SMILES string of the molecule is N#Cc1cc(N2CCC(n3cccn3)CC2)ccc1[N+](=O)[O-]. The molecule has 0 aliphatic carbocycles. The van der Waals surface area contributed by atoms with Crippen LogP contribution < -0.4 is 4.90 Å². The van der Waals surface area contributed by atoms with Gasteiger partial charge in [0.2, 0.25) is 0 Å². The second-order valence-electron chi connectivity index (χ2n) is 5.27. The molecule has 2 heterocycles. The average Bonchev–Trinajstić information content (AvgIpc) is 3.08. The fourth-order valence-electron chi connectivity index (χ4n) is 2.85.